The Morgan fingerprint density at radius 2 is 1.87 bits per heavy atom. The summed E-state index contributed by atoms with van der Waals surface area (Å²) >= 11 is -1.69. The Morgan fingerprint density at radius 3 is 2.67 bits per heavy atom. The van der Waals surface area contributed by atoms with E-state index in [1.54, 1.807) is 0 Å². The van der Waals surface area contributed by atoms with E-state index >= 15 is 0 Å². The predicted octanol–water partition coefficient (Wildman–Crippen LogP) is 2.03. The molecule has 0 aliphatic rings. The van der Waals surface area contributed by atoms with E-state index in [9.17, 15) is 4.79 Å². The van der Waals surface area contributed by atoms with Gasteiger partial charge in [-0.1, -0.05) is 0 Å². The van der Waals surface area contributed by atoms with Crippen LogP contribution in [0.1, 0.15) is 6.92 Å². The van der Waals surface area contributed by atoms with E-state index in [2.05, 4.69) is 24.3 Å². The summed E-state index contributed by atoms with van der Waals surface area (Å²) in [5, 5.41) is 2.46. The standard InChI is InChI=1S/C10H7.C2H4O2.Hg/c1-2-6-10-8-4-3-7-9(10)5-1;1-2(3)4;/h1-7H;1H3,(H,3,4);/q;;+1/p-1. The van der Waals surface area contributed by atoms with Crippen LogP contribution in [0.15, 0.2) is 42.5 Å². The first-order valence-corrected chi connectivity index (χ1v) is 9.87. The van der Waals surface area contributed by atoms with Gasteiger partial charge in [0.2, 0.25) is 0 Å². The van der Waals surface area contributed by atoms with Gasteiger partial charge in [-0.15, -0.1) is 0 Å². The Bertz CT molecular complexity index is 488. The van der Waals surface area contributed by atoms with Crippen molar-refractivity contribution in [3.05, 3.63) is 42.5 Å². The molecule has 2 nitrogen and oxygen atoms in total. The fourth-order valence-corrected chi connectivity index (χ4v) is 5.75. The summed E-state index contributed by atoms with van der Waals surface area (Å²) in [6.07, 6.45) is 0. The van der Waals surface area contributed by atoms with Crippen LogP contribution in [-0.4, -0.2) is 5.97 Å². The number of hydrogen-bond donors (Lipinski definition) is 0. The number of carbonyl (C=O) groups is 1. The average Bonchev–Trinajstić information content (AvgIpc) is 2.26. The molecule has 0 unspecified atom stereocenters. The van der Waals surface area contributed by atoms with E-state index in [0.29, 0.717) is 0 Å². The first-order chi connectivity index (χ1) is 7.27. The molecule has 0 saturated heterocycles. The molecule has 0 bridgehead atoms. The number of benzene rings is 2. The van der Waals surface area contributed by atoms with Crippen molar-refractivity contribution in [2.45, 2.75) is 6.92 Å². The van der Waals surface area contributed by atoms with Crippen LogP contribution in [0.25, 0.3) is 10.8 Å². The van der Waals surface area contributed by atoms with E-state index in [4.69, 9.17) is 2.64 Å². The maximum atomic E-state index is 10.8. The van der Waals surface area contributed by atoms with Crippen LogP contribution in [0.5, 0.6) is 0 Å². The number of hydrogen-bond acceptors (Lipinski definition) is 2. The Hall–Kier alpha value is -0.895. The molecule has 0 fully saturated rings. The third-order valence-electron chi connectivity index (χ3n) is 2.31. The molecular formula is C12H10HgO2. The first-order valence-electron chi connectivity index (χ1n) is 4.87. The molecule has 0 aliphatic heterocycles. The van der Waals surface area contributed by atoms with Crippen molar-refractivity contribution >= 4 is 19.8 Å². The van der Waals surface area contributed by atoms with Crippen LogP contribution < -0.4 is 3.07 Å². The summed E-state index contributed by atoms with van der Waals surface area (Å²) in [6, 6.07) is 14.4. The van der Waals surface area contributed by atoms with Gasteiger partial charge in [0.1, 0.15) is 0 Å². The van der Waals surface area contributed by atoms with Crippen molar-refractivity contribution in [3.63, 3.8) is 0 Å². The topological polar surface area (TPSA) is 26.3 Å². The van der Waals surface area contributed by atoms with E-state index in [-0.39, 0.29) is 5.97 Å². The minimum absolute atomic E-state index is 0.149. The molecule has 0 spiro atoms. The van der Waals surface area contributed by atoms with Crippen molar-refractivity contribution < 1.29 is 32.5 Å². The molecule has 15 heavy (non-hydrogen) atoms. The normalized spacial score (nSPS) is 9.67. The van der Waals surface area contributed by atoms with Gasteiger partial charge in [-0.25, -0.2) is 0 Å². The van der Waals surface area contributed by atoms with E-state index < -0.39 is 25.0 Å². The number of fused-ring (bicyclic) bond motifs is 1. The SMILES string of the molecule is CC(=O)[O][Hg][c]1cccc2ccccc12. The zero-order valence-corrected chi connectivity index (χ0v) is 14.1. The Kier molecular flexibility index (Phi) is 3.36. The third kappa shape index (κ3) is 2.56. The van der Waals surface area contributed by atoms with Crippen LogP contribution in [0, 0.1) is 0 Å². The van der Waals surface area contributed by atoms with Crippen LogP contribution in [0.2, 0.25) is 0 Å². The summed E-state index contributed by atoms with van der Waals surface area (Å²) in [7, 11) is 0. The number of carbonyl (C=O) groups excluding carboxylic acids is 1. The average molecular weight is 387 g/mol. The third-order valence-corrected chi connectivity index (χ3v) is 8.06. The van der Waals surface area contributed by atoms with Gasteiger partial charge in [0, 0.05) is 0 Å². The van der Waals surface area contributed by atoms with Gasteiger partial charge in [0.15, 0.2) is 0 Å². The van der Waals surface area contributed by atoms with Crippen LogP contribution >= 0.6 is 0 Å². The molecule has 0 atom stereocenters. The summed E-state index contributed by atoms with van der Waals surface area (Å²) in [5.74, 6) is -0.149. The molecule has 72 valence electrons. The maximum absolute atomic E-state index is 10.8. The molecule has 0 saturated carbocycles. The number of rotatable bonds is 2. The summed E-state index contributed by atoms with van der Waals surface area (Å²) < 4.78 is 6.49. The Balaban J connectivity index is 2.38. The molecule has 0 amide bonds. The fourth-order valence-electron chi connectivity index (χ4n) is 1.60. The van der Waals surface area contributed by atoms with Gasteiger partial charge in [0.05, 0.1) is 0 Å². The van der Waals surface area contributed by atoms with Gasteiger partial charge < -0.3 is 0 Å². The molecule has 0 radical (unpaired) electrons. The second-order valence-corrected chi connectivity index (χ2v) is 8.62. The van der Waals surface area contributed by atoms with Gasteiger partial charge in [-0.2, -0.15) is 0 Å². The van der Waals surface area contributed by atoms with Crippen LogP contribution in [0.4, 0.5) is 0 Å². The molecule has 2 rings (SSSR count). The Labute approximate surface area is 101 Å². The molecule has 0 aliphatic carbocycles. The molecular weight excluding hydrogens is 377 g/mol. The van der Waals surface area contributed by atoms with E-state index in [0.717, 1.165) is 0 Å². The monoisotopic (exact) mass is 388 g/mol. The summed E-state index contributed by atoms with van der Waals surface area (Å²) in [6.45, 7) is 1.48. The van der Waals surface area contributed by atoms with Crippen LogP contribution in [-0.2, 0) is 32.5 Å². The molecule has 0 heterocycles. The second-order valence-electron chi connectivity index (χ2n) is 3.42. The quantitative estimate of drug-likeness (QED) is 0.738. The summed E-state index contributed by atoms with van der Waals surface area (Å²) in [4.78, 5) is 10.8. The second kappa shape index (κ2) is 4.75. The fraction of sp³-hybridized carbons (Fsp3) is 0.0833. The molecule has 2 aromatic carbocycles. The summed E-state index contributed by atoms with van der Waals surface area (Å²) in [5.41, 5.74) is 0. The minimum atomic E-state index is -1.69. The molecule has 2 aromatic rings. The van der Waals surface area contributed by atoms with Gasteiger partial charge in [-0.05, 0) is 0 Å². The molecule has 0 aromatic heterocycles. The van der Waals surface area contributed by atoms with Crippen LogP contribution in [0.3, 0.4) is 0 Å². The zero-order chi connectivity index (χ0) is 10.7. The van der Waals surface area contributed by atoms with Gasteiger partial charge in [0.25, 0.3) is 0 Å². The van der Waals surface area contributed by atoms with Crippen molar-refractivity contribution in [2.24, 2.45) is 0 Å². The zero-order valence-electron chi connectivity index (χ0n) is 8.57. The molecule has 0 N–H and O–H groups in total. The van der Waals surface area contributed by atoms with Crippen molar-refractivity contribution in [1.29, 1.82) is 0 Å². The van der Waals surface area contributed by atoms with Gasteiger partial charge in [-0.3, -0.25) is 0 Å². The van der Waals surface area contributed by atoms with Crippen molar-refractivity contribution in [2.75, 3.05) is 0 Å². The Morgan fingerprint density at radius 1 is 1.13 bits per heavy atom. The van der Waals surface area contributed by atoms with E-state index in [1.807, 2.05) is 18.2 Å². The van der Waals surface area contributed by atoms with Gasteiger partial charge >= 0.3 is 102 Å². The van der Waals surface area contributed by atoms with E-state index in [1.165, 1.54) is 20.8 Å². The van der Waals surface area contributed by atoms with Crippen molar-refractivity contribution in [1.82, 2.24) is 0 Å². The molecule has 3 heteroatoms. The first kappa shape index (κ1) is 10.6. The van der Waals surface area contributed by atoms with Crippen molar-refractivity contribution in [3.8, 4) is 0 Å². The predicted molar refractivity (Wildman–Crippen MR) is 55.3 cm³/mol.